The quantitative estimate of drug-likeness (QED) is 0.392. The van der Waals surface area contributed by atoms with Gasteiger partial charge in [0.25, 0.3) is 0 Å². The molecule has 2 atom stereocenters. The summed E-state index contributed by atoms with van der Waals surface area (Å²) in [6.07, 6.45) is 8.55. The number of aromatic nitrogens is 1. The lowest BCUT2D eigenvalue weighted by atomic mass is 9.93. The van der Waals surface area contributed by atoms with Gasteiger partial charge in [-0.25, -0.2) is 0 Å². The van der Waals surface area contributed by atoms with E-state index in [4.69, 9.17) is 11.5 Å². The number of anilines is 2. The van der Waals surface area contributed by atoms with Crippen molar-refractivity contribution in [2.24, 2.45) is 5.92 Å². The molecule has 32 heavy (non-hydrogen) atoms. The lowest BCUT2D eigenvalue weighted by Gasteiger charge is -2.20. The highest BCUT2D eigenvalue weighted by Crippen LogP contribution is 2.42. The predicted molar refractivity (Wildman–Crippen MR) is 137 cm³/mol. The van der Waals surface area contributed by atoms with Crippen LogP contribution in [0, 0.1) is 5.92 Å². The summed E-state index contributed by atoms with van der Waals surface area (Å²) < 4.78 is 3.26. The van der Waals surface area contributed by atoms with Crippen LogP contribution in [0.4, 0.5) is 11.4 Å². The Labute approximate surface area is 198 Å². The minimum absolute atomic E-state index is 0.0118. The predicted octanol–water partition coefficient (Wildman–Crippen LogP) is 5.56. The third-order valence-corrected chi connectivity index (χ3v) is 7.65. The summed E-state index contributed by atoms with van der Waals surface area (Å²) in [5.41, 5.74) is 18.3. The molecule has 7 heteroatoms. The van der Waals surface area contributed by atoms with Gasteiger partial charge in [0.15, 0.2) is 0 Å². The molecule has 1 aliphatic heterocycles. The lowest BCUT2D eigenvalue weighted by Crippen LogP contribution is -2.16. The summed E-state index contributed by atoms with van der Waals surface area (Å²) >= 11 is 5.43. The zero-order valence-electron chi connectivity index (χ0n) is 17.2. The Balaban J connectivity index is 1.58. The lowest BCUT2D eigenvalue weighted by molar-refractivity contribution is -0.136. The van der Waals surface area contributed by atoms with Crippen molar-refractivity contribution in [3.63, 3.8) is 0 Å². The number of benzene rings is 2. The van der Waals surface area contributed by atoms with Crippen molar-refractivity contribution in [3.05, 3.63) is 81.9 Å². The SMILES string of the molecule is Nc1cc(N)cc(-c2ccc3c(CC(=O)O)cn(CC4=CSC5C=CC(Br)=CC45)c3c2)c1. The number of carbonyl (C=O) groups is 1. The van der Waals surface area contributed by atoms with Crippen molar-refractivity contribution in [2.75, 3.05) is 11.5 Å². The van der Waals surface area contributed by atoms with E-state index in [2.05, 4.69) is 50.2 Å². The van der Waals surface area contributed by atoms with Gasteiger partial charge in [-0.05, 0) is 51.9 Å². The van der Waals surface area contributed by atoms with Gasteiger partial charge in [0.2, 0.25) is 0 Å². The maximum Gasteiger partial charge on any atom is 0.307 e. The van der Waals surface area contributed by atoms with Crippen molar-refractivity contribution in [1.29, 1.82) is 0 Å². The molecule has 162 valence electrons. The van der Waals surface area contributed by atoms with Crippen LogP contribution in [0.3, 0.4) is 0 Å². The van der Waals surface area contributed by atoms with Crippen LogP contribution in [0.1, 0.15) is 5.56 Å². The molecule has 5 nitrogen and oxygen atoms in total. The number of aliphatic carboxylic acids is 1. The number of hydrogen-bond acceptors (Lipinski definition) is 4. The van der Waals surface area contributed by atoms with Crippen LogP contribution in [0.25, 0.3) is 22.0 Å². The van der Waals surface area contributed by atoms with E-state index in [0.29, 0.717) is 29.1 Å². The van der Waals surface area contributed by atoms with E-state index in [1.165, 1.54) is 5.57 Å². The number of hydrogen-bond donors (Lipinski definition) is 3. The highest BCUT2D eigenvalue weighted by atomic mass is 79.9. The molecule has 1 aliphatic carbocycles. The van der Waals surface area contributed by atoms with Crippen LogP contribution in [0.5, 0.6) is 0 Å². The Hall–Kier alpha value is -2.90. The van der Waals surface area contributed by atoms with Gasteiger partial charge >= 0.3 is 5.97 Å². The van der Waals surface area contributed by atoms with Gasteiger partial charge in [-0.3, -0.25) is 4.79 Å². The van der Waals surface area contributed by atoms with Crippen molar-refractivity contribution in [3.8, 4) is 11.1 Å². The Morgan fingerprint density at radius 1 is 1.12 bits per heavy atom. The topological polar surface area (TPSA) is 94.3 Å². The molecule has 0 amide bonds. The molecule has 0 saturated carbocycles. The van der Waals surface area contributed by atoms with Gasteiger partial charge in [0.05, 0.1) is 6.42 Å². The van der Waals surface area contributed by atoms with Gasteiger partial charge in [-0.2, -0.15) is 0 Å². The summed E-state index contributed by atoms with van der Waals surface area (Å²) in [5.74, 6) is -0.506. The van der Waals surface area contributed by atoms with E-state index >= 15 is 0 Å². The standard InChI is InChI=1S/C25H22BrN3O2S/c26-18-2-4-24-22(9-18)17(13-32-24)12-29-11-16(8-25(30)31)21-3-1-14(7-23(21)29)15-5-19(27)10-20(28)6-15/h1-7,9-11,13,22,24H,8,12,27-28H2,(H,30,31). The van der Waals surface area contributed by atoms with E-state index in [0.717, 1.165) is 32.1 Å². The van der Waals surface area contributed by atoms with Gasteiger partial charge < -0.3 is 21.1 Å². The molecule has 2 heterocycles. The molecule has 2 aliphatic rings. The molecular formula is C25H22BrN3O2S. The number of carboxylic acids is 1. The molecule has 1 aromatic heterocycles. The Bertz CT molecular complexity index is 1320. The Morgan fingerprint density at radius 2 is 1.91 bits per heavy atom. The average molecular weight is 508 g/mol. The number of halogens is 1. The van der Waals surface area contributed by atoms with Crippen molar-refractivity contribution in [1.82, 2.24) is 4.57 Å². The van der Waals surface area contributed by atoms with Crippen molar-refractivity contribution < 1.29 is 9.90 Å². The Morgan fingerprint density at radius 3 is 2.66 bits per heavy atom. The van der Waals surface area contributed by atoms with Crippen LogP contribution >= 0.6 is 27.7 Å². The summed E-state index contributed by atoms with van der Waals surface area (Å²) in [6, 6.07) is 11.6. The number of carboxylic acid groups (broad SMARTS) is 1. The monoisotopic (exact) mass is 507 g/mol. The van der Waals surface area contributed by atoms with Crippen LogP contribution in [-0.4, -0.2) is 20.9 Å². The summed E-state index contributed by atoms with van der Waals surface area (Å²) in [4.78, 5) is 11.5. The summed E-state index contributed by atoms with van der Waals surface area (Å²) in [7, 11) is 0. The zero-order valence-corrected chi connectivity index (χ0v) is 19.6. The fraction of sp³-hybridized carbons (Fsp3) is 0.160. The second-order valence-corrected chi connectivity index (χ2v) is 10.2. The number of nitrogens with zero attached hydrogens (tertiary/aromatic N) is 1. The van der Waals surface area contributed by atoms with Gasteiger partial charge in [0, 0.05) is 50.7 Å². The summed E-state index contributed by atoms with van der Waals surface area (Å²) in [5, 5.41) is 13.0. The fourth-order valence-corrected chi connectivity index (χ4v) is 6.08. The zero-order chi connectivity index (χ0) is 22.4. The number of nitrogen functional groups attached to an aromatic ring is 2. The van der Waals surface area contributed by atoms with Crippen LogP contribution < -0.4 is 11.5 Å². The molecule has 0 bridgehead atoms. The normalized spacial score (nSPS) is 19.7. The van der Waals surface area contributed by atoms with E-state index < -0.39 is 5.97 Å². The minimum atomic E-state index is -0.836. The third kappa shape index (κ3) is 3.98. The van der Waals surface area contributed by atoms with Gasteiger partial charge in [-0.15, -0.1) is 11.8 Å². The second-order valence-electron chi connectivity index (χ2n) is 8.20. The number of allylic oxidation sites excluding steroid dienone is 4. The minimum Gasteiger partial charge on any atom is -0.481 e. The molecule has 0 fully saturated rings. The fourth-order valence-electron chi connectivity index (χ4n) is 4.49. The van der Waals surface area contributed by atoms with E-state index in [9.17, 15) is 9.90 Å². The number of nitrogens with two attached hydrogens (primary N) is 2. The van der Waals surface area contributed by atoms with Gasteiger partial charge in [0.1, 0.15) is 0 Å². The molecule has 5 rings (SSSR count). The highest BCUT2D eigenvalue weighted by molar-refractivity contribution is 9.11. The molecule has 0 radical (unpaired) electrons. The van der Waals surface area contributed by atoms with Crippen molar-refractivity contribution in [2.45, 2.75) is 18.2 Å². The smallest absolute Gasteiger partial charge is 0.307 e. The van der Waals surface area contributed by atoms with E-state index in [1.807, 2.05) is 42.2 Å². The third-order valence-electron chi connectivity index (χ3n) is 5.91. The first-order chi connectivity index (χ1) is 15.4. The van der Waals surface area contributed by atoms with Crippen molar-refractivity contribution >= 4 is 55.9 Å². The van der Waals surface area contributed by atoms with Crippen LogP contribution in [-0.2, 0) is 17.8 Å². The van der Waals surface area contributed by atoms with Crippen LogP contribution in [0.2, 0.25) is 0 Å². The molecule has 2 unspecified atom stereocenters. The number of rotatable bonds is 5. The molecule has 5 N–H and O–H groups in total. The molecule has 2 aromatic carbocycles. The first-order valence-corrected chi connectivity index (χ1v) is 12.0. The maximum atomic E-state index is 11.5. The maximum absolute atomic E-state index is 11.5. The molecule has 3 aromatic rings. The Kier molecular flexibility index (Phi) is 5.39. The largest absolute Gasteiger partial charge is 0.481 e. The average Bonchev–Trinajstić information content (AvgIpc) is 3.28. The van der Waals surface area contributed by atoms with Crippen LogP contribution in [0.15, 0.2) is 76.3 Å². The van der Waals surface area contributed by atoms with E-state index in [1.54, 1.807) is 6.07 Å². The summed E-state index contributed by atoms with van der Waals surface area (Å²) in [6.45, 7) is 0.706. The molecular weight excluding hydrogens is 486 g/mol. The van der Waals surface area contributed by atoms with E-state index in [-0.39, 0.29) is 6.42 Å². The second kappa shape index (κ2) is 8.22. The molecule has 0 spiro atoms. The first-order valence-electron chi connectivity index (χ1n) is 10.3. The number of thioether (sulfide) groups is 1. The molecule has 0 saturated heterocycles. The van der Waals surface area contributed by atoms with Gasteiger partial charge in [-0.1, -0.05) is 46.3 Å². The number of fused-ring (bicyclic) bond motifs is 2. The first kappa shape index (κ1) is 21.0. The highest BCUT2D eigenvalue weighted by Gasteiger charge is 2.29.